The van der Waals surface area contributed by atoms with Gasteiger partial charge < -0.3 is 10.1 Å². The first-order chi connectivity index (χ1) is 10.0. The Balaban J connectivity index is 2.14. The van der Waals surface area contributed by atoms with E-state index in [-0.39, 0.29) is 12.0 Å². The van der Waals surface area contributed by atoms with Crippen molar-refractivity contribution in [3.63, 3.8) is 0 Å². The Bertz CT molecular complexity index is 554. The molecule has 1 aliphatic rings. The molecule has 6 heteroatoms. The highest BCUT2D eigenvalue weighted by Crippen LogP contribution is 2.23. The number of rotatable bonds is 7. The lowest BCUT2D eigenvalue weighted by Crippen LogP contribution is -2.38. The molecule has 5 nitrogen and oxygen atoms in total. The predicted molar refractivity (Wildman–Crippen MR) is 83.9 cm³/mol. The molecule has 1 heterocycles. The number of para-hydroxylation sites is 1. The highest BCUT2D eigenvalue weighted by molar-refractivity contribution is 7.89. The van der Waals surface area contributed by atoms with E-state index in [4.69, 9.17) is 4.74 Å². The van der Waals surface area contributed by atoms with Crippen molar-refractivity contribution in [3.8, 4) is 0 Å². The van der Waals surface area contributed by atoms with Gasteiger partial charge in [0.2, 0.25) is 10.0 Å². The van der Waals surface area contributed by atoms with Crippen LogP contribution in [0.15, 0.2) is 29.2 Å². The second-order valence-electron chi connectivity index (χ2n) is 5.46. The van der Waals surface area contributed by atoms with E-state index in [9.17, 15) is 8.42 Å². The van der Waals surface area contributed by atoms with Gasteiger partial charge in [-0.05, 0) is 31.9 Å². The molecular formula is C15H24N2O3S. The molecule has 1 aliphatic heterocycles. The molecule has 0 bridgehead atoms. The van der Waals surface area contributed by atoms with Crippen molar-refractivity contribution < 1.29 is 13.2 Å². The van der Waals surface area contributed by atoms with Crippen LogP contribution in [0.1, 0.15) is 26.7 Å². The Morgan fingerprint density at radius 2 is 2.14 bits per heavy atom. The van der Waals surface area contributed by atoms with Gasteiger partial charge in [0, 0.05) is 25.1 Å². The lowest BCUT2D eigenvalue weighted by atomic mass is 10.0. The van der Waals surface area contributed by atoms with Gasteiger partial charge >= 0.3 is 0 Å². The molecule has 1 fully saturated rings. The van der Waals surface area contributed by atoms with E-state index < -0.39 is 10.0 Å². The van der Waals surface area contributed by atoms with Gasteiger partial charge in [0.25, 0.3) is 0 Å². The zero-order valence-corrected chi connectivity index (χ0v) is 13.4. The van der Waals surface area contributed by atoms with Crippen LogP contribution in [-0.2, 0) is 14.8 Å². The summed E-state index contributed by atoms with van der Waals surface area (Å²) in [4.78, 5) is 0.309. The van der Waals surface area contributed by atoms with Gasteiger partial charge in [-0.1, -0.05) is 19.1 Å². The number of benzene rings is 1. The van der Waals surface area contributed by atoms with Crippen molar-refractivity contribution in [1.82, 2.24) is 4.72 Å². The summed E-state index contributed by atoms with van der Waals surface area (Å²) in [5.41, 5.74) is 0.654. The second kappa shape index (κ2) is 7.24. The molecule has 118 valence electrons. The van der Waals surface area contributed by atoms with Crippen molar-refractivity contribution in [2.24, 2.45) is 5.92 Å². The van der Waals surface area contributed by atoms with E-state index in [2.05, 4.69) is 10.0 Å². The average Bonchev–Trinajstić information content (AvgIpc) is 2.99. The number of sulfonamides is 1. The molecule has 2 rings (SSSR count). The second-order valence-corrected chi connectivity index (χ2v) is 7.14. The average molecular weight is 312 g/mol. The monoisotopic (exact) mass is 312 g/mol. The molecule has 0 aromatic heterocycles. The number of hydrogen-bond acceptors (Lipinski definition) is 4. The highest BCUT2D eigenvalue weighted by atomic mass is 32.2. The normalized spacial score (nSPS) is 20.4. The van der Waals surface area contributed by atoms with Gasteiger partial charge in [-0.15, -0.1) is 0 Å². The maximum absolute atomic E-state index is 12.6. The quantitative estimate of drug-likeness (QED) is 0.810. The SMILES string of the molecule is CCCNc1ccccc1S(=O)(=O)NC(C)C1CCOC1. The molecule has 2 unspecified atom stereocenters. The minimum absolute atomic E-state index is 0.128. The van der Waals surface area contributed by atoms with Crippen LogP contribution in [0.4, 0.5) is 5.69 Å². The molecule has 0 aliphatic carbocycles. The minimum Gasteiger partial charge on any atom is -0.384 e. The first-order valence-corrected chi connectivity index (χ1v) is 8.96. The maximum Gasteiger partial charge on any atom is 0.242 e. The van der Waals surface area contributed by atoms with Gasteiger partial charge in [0.15, 0.2) is 0 Å². The van der Waals surface area contributed by atoms with E-state index in [1.54, 1.807) is 18.2 Å². The van der Waals surface area contributed by atoms with Crippen LogP contribution in [0.5, 0.6) is 0 Å². The Morgan fingerprint density at radius 1 is 1.38 bits per heavy atom. The molecule has 1 saturated heterocycles. The van der Waals surface area contributed by atoms with Crippen LogP contribution in [0.3, 0.4) is 0 Å². The van der Waals surface area contributed by atoms with Crippen LogP contribution in [0, 0.1) is 5.92 Å². The molecule has 0 saturated carbocycles. The third kappa shape index (κ3) is 4.18. The maximum atomic E-state index is 12.6. The van der Waals surface area contributed by atoms with Crippen LogP contribution in [0.2, 0.25) is 0 Å². The van der Waals surface area contributed by atoms with E-state index in [1.807, 2.05) is 19.9 Å². The van der Waals surface area contributed by atoms with Crippen molar-refractivity contribution in [2.45, 2.75) is 37.6 Å². The van der Waals surface area contributed by atoms with Crippen molar-refractivity contribution in [2.75, 3.05) is 25.1 Å². The van der Waals surface area contributed by atoms with Crippen molar-refractivity contribution in [1.29, 1.82) is 0 Å². The third-order valence-corrected chi connectivity index (χ3v) is 5.37. The first-order valence-electron chi connectivity index (χ1n) is 7.47. The number of hydrogen-bond donors (Lipinski definition) is 2. The molecule has 2 N–H and O–H groups in total. The topological polar surface area (TPSA) is 67.4 Å². The summed E-state index contributed by atoms with van der Waals surface area (Å²) < 4.78 is 33.3. The lowest BCUT2D eigenvalue weighted by Gasteiger charge is -2.20. The number of nitrogens with one attached hydrogen (secondary N) is 2. The van der Waals surface area contributed by atoms with Gasteiger partial charge in [-0.25, -0.2) is 13.1 Å². The van der Waals surface area contributed by atoms with E-state index >= 15 is 0 Å². The van der Waals surface area contributed by atoms with Crippen LogP contribution >= 0.6 is 0 Å². The molecular weight excluding hydrogens is 288 g/mol. The van der Waals surface area contributed by atoms with Crippen molar-refractivity contribution in [3.05, 3.63) is 24.3 Å². The zero-order chi connectivity index (χ0) is 15.3. The van der Waals surface area contributed by atoms with E-state index in [0.717, 1.165) is 19.4 Å². The predicted octanol–water partition coefficient (Wildman–Crippen LogP) is 2.21. The summed E-state index contributed by atoms with van der Waals surface area (Å²) >= 11 is 0. The van der Waals surface area contributed by atoms with E-state index in [1.165, 1.54) is 0 Å². The van der Waals surface area contributed by atoms with Crippen LogP contribution < -0.4 is 10.0 Å². The molecule has 1 aromatic rings. The molecule has 2 atom stereocenters. The van der Waals surface area contributed by atoms with Crippen LogP contribution in [-0.4, -0.2) is 34.2 Å². The molecule has 0 amide bonds. The zero-order valence-electron chi connectivity index (χ0n) is 12.6. The highest BCUT2D eigenvalue weighted by Gasteiger charge is 2.27. The molecule has 0 radical (unpaired) electrons. The lowest BCUT2D eigenvalue weighted by molar-refractivity contribution is 0.180. The fourth-order valence-electron chi connectivity index (χ4n) is 2.46. The first kappa shape index (κ1) is 16.3. The van der Waals surface area contributed by atoms with Gasteiger partial charge in [0.05, 0.1) is 12.3 Å². The third-order valence-electron chi connectivity index (χ3n) is 3.76. The Labute approximate surface area is 127 Å². The molecule has 21 heavy (non-hydrogen) atoms. The van der Waals surface area contributed by atoms with E-state index in [0.29, 0.717) is 23.8 Å². The van der Waals surface area contributed by atoms with Crippen molar-refractivity contribution >= 4 is 15.7 Å². The summed E-state index contributed by atoms with van der Waals surface area (Å²) in [5, 5.41) is 3.17. The Kier molecular flexibility index (Phi) is 5.61. The summed E-state index contributed by atoms with van der Waals surface area (Å²) in [6.07, 6.45) is 1.84. The summed E-state index contributed by atoms with van der Waals surface area (Å²) in [6.45, 7) is 6.03. The number of ether oxygens (including phenoxy) is 1. The fraction of sp³-hybridized carbons (Fsp3) is 0.600. The van der Waals surface area contributed by atoms with Crippen LogP contribution in [0.25, 0.3) is 0 Å². The Morgan fingerprint density at radius 3 is 2.81 bits per heavy atom. The number of anilines is 1. The Hall–Kier alpha value is -1.11. The molecule has 0 spiro atoms. The largest absolute Gasteiger partial charge is 0.384 e. The van der Waals surface area contributed by atoms with Gasteiger partial charge in [-0.3, -0.25) is 0 Å². The summed E-state index contributed by atoms with van der Waals surface area (Å²) in [6, 6.07) is 6.89. The minimum atomic E-state index is -3.53. The fourth-order valence-corrected chi connectivity index (χ4v) is 3.95. The van der Waals surface area contributed by atoms with Gasteiger partial charge in [0.1, 0.15) is 4.90 Å². The molecule has 1 aromatic carbocycles. The van der Waals surface area contributed by atoms with Gasteiger partial charge in [-0.2, -0.15) is 0 Å². The smallest absolute Gasteiger partial charge is 0.242 e. The summed E-state index contributed by atoms with van der Waals surface area (Å²) in [5.74, 6) is 0.246. The standard InChI is InChI=1S/C15H24N2O3S/c1-3-9-16-14-6-4-5-7-15(14)21(18,19)17-12(2)13-8-10-20-11-13/h4-7,12-13,16-17H,3,8-11H2,1-2H3. The summed E-state index contributed by atoms with van der Waals surface area (Å²) in [7, 11) is -3.53.